The first-order chi connectivity index (χ1) is 7.02. The van der Waals surface area contributed by atoms with Crippen LogP contribution in [0.2, 0.25) is 0 Å². The number of hydrogen-bond donors (Lipinski definition) is 2. The fraction of sp³-hybridized carbons (Fsp3) is 0.400. The van der Waals surface area contributed by atoms with Crippen molar-refractivity contribution in [3.05, 3.63) is 24.0 Å². The Balaban J connectivity index is 2.88. The van der Waals surface area contributed by atoms with Gasteiger partial charge in [-0.1, -0.05) is 6.92 Å². The summed E-state index contributed by atoms with van der Waals surface area (Å²) in [4.78, 5) is 0. The summed E-state index contributed by atoms with van der Waals surface area (Å²) < 4.78 is 18.4. The SMILES string of the molecule is CCC(C)Oc1cc(F)cc(B(O)O)c1. The second kappa shape index (κ2) is 5.14. The molecule has 0 aliphatic heterocycles. The van der Waals surface area contributed by atoms with E-state index < -0.39 is 12.9 Å². The Bertz CT molecular complexity index is 330. The zero-order valence-corrected chi connectivity index (χ0v) is 8.77. The summed E-state index contributed by atoms with van der Waals surface area (Å²) in [6.45, 7) is 3.81. The second-order valence-corrected chi connectivity index (χ2v) is 3.43. The molecule has 1 rings (SSSR count). The molecular weight excluding hydrogens is 198 g/mol. The number of halogens is 1. The van der Waals surface area contributed by atoms with E-state index in [1.807, 2.05) is 13.8 Å². The lowest BCUT2D eigenvalue weighted by molar-refractivity contribution is 0.216. The Morgan fingerprint density at radius 3 is 2.60 bits per heavy atom. The van der Waals surface area contributed by atoms with Crippen molar-refractivity contribution in [3.8, 4) is 5.75 Å². The smallest absolute Gasteiger partial charge is 0.488 e. The molecule has 0 aliphatic rings. The van der Waals surface area contributed by atoms with Crippen molar-refractivity contribution in [3.63, 3.8) is 0 Å². The van der Waals surface area contributed by atoms with Crippen LogP contribution < -0.4 is 10.2 Å². The van der Waals surface area contributed by atoms with Crippen molar-refractivity contribution >= 4 is 12.6 Å². The van der Waals surface area contributed by atoms with E-state index in [1.54, 1.807) is 0 Å². The molecule has 1 atom stereocenters. The highest BCUT2D eigenvalue weighted by atomic mass is 19.1. The van der Waals surface area contributed by atoms with Gasteiger partial charge in [-0.25, -0.2) is 4.39 Å². The minimum atomic E-state index is -1.68. The molecule has 1 aromatic carbocycles. The van der Waals surface area contributed by atoms with Crippen molar-refractivity contribution in [1.29, 1.82) is 0 Å². The fourth-order valence-electron chi connectivity index (χ4n) is 1.12. The molecule has 0 aromatic heterocycles. The summed E-state index contributed by atoms with van der Waals surface area (Å²) in [5.74, 6) is -0.230. The lowest BCUT2D eigenvalue weighted by Gasteiger charge is -2.13. The van der Waals surface area contributed by atoms with E-state index in [1.165, 1.54) is 12.1 Å². The van der Waals surface area contributed by atoms with Gasteiger partial charge in [-0.15, -0.1) is 0 Å². The van der Waals surface area contributed by atoms with Gasteiger partial charge in [-0.3, -0.25) is 0 Å². The van der Waals surface area contributed by atoms with Gasteiger partial charge in [-0.2, -0.15) is 0 Å². The van der Waals surface area contributed by atoms with Crippen LogP contribution in [0.15, 0.2) is 18.2 Å². The average molecular weight is 212 g/mol. The van der Waals surface area contributed by atoms with Crippen molar-refractivity contribution < 1.29 is 19.2 Å². The van der Waals surface area contributed by atoms with E-state index in [2.05, 4.69) is 0 Å². The molecular formula is C10H14BFO3. The maximum atomic E-state index is 13.0. The molecule has 0 radical (unpaired) electrons. The van der Waals surface area contributed by atoms with Crippen LogP contribution in [0.5, 0.6) is 5.75 Å². The quantitative estimate of drug-likeness (QED) is 0.721. The molecule has 1 unspecified atom stereocenters. The highest BCUT2D eigenvalue weighted by Crippen LogP contribution is 2.13. The minimum absolute atomic E-state index is 0.0320. The van der Waals surface area contributed by atoms with Crippen molar-refractivity contribution in [2.45, 2.75) is 26.4 Å². The molecule has 0 bridgehead atoms. The highest BCUT2D eigenvalue weighted by molar-refractivity contribution is 6.58. The largest absolute Gasteiger partial charge is 0.491 e. The molecule has 2 N–H and O–H groups in total. The second-order valence-electron chi connectivity index (χ2n) is 3.43. The molecule has 15 heavy (non-hydrogen) atoms. The molecule has 82 valence electrons. The third-order valence-electron chi connectivity index (χ3n) is 2.10. The van der Waals surface area contributed by atoms with Gasteiger partial charge in [-0.05, 0) is 30.9 Å². The standard InChI is InChI=1S/C10H14BFO3/c1-3-7(2)15-10-5-8(11(13)14)4-9(12)6-10/h4-7,13-14H,3H2,1-2H3. The molecule has 0 spiro atoms. The van der Waals surface area contributed by atoms with Crippen LogP contribution in [0.4, 0.5) is 4.39 Å². The fourth-order valence-corrected chi connectivity index (χ4v) is 1.12. The van der Waals surface area contributed by atoms with Gasteiger partial charge in [0.25, 0.3) is 0 Å². The van der Waals surface area contributed by atoms with Crippen molar-refractivity contribution in [1.82, 2.24) is 0 Å². The molecule has 0 saturated carbocycles. The van der Waals surface area contributed by atoms with E-state index in [0.717, 1.165) is 12.5 Å². The number of rotatable bonds is 4. The van der Waals surface area contributed by atoms with Gasteiger partial charge in [0.1, 0.15) is 11.6 Å². The maximum Gasteiger partial charge on any atom is 0.488 e. The lowest BCUT2D eigenvalue weighted by atomic mass is 9.80. The normalized spacial score (nSPS) is 12.3. The molecule has 0 amide bonds. The van der Waals surface area contributed by atoms with Crippen LogP contribution >= 0.6 is 0 Å². The van der Waals surface area contributed by atoms with Gasteiger partial charge in [0.15, 0.2) is 0 Å². The molecule has 0 fully saturated rings. The lowest BCUT2D eigenvalue weighted by Crippen LogP contribution is -2.30. The predicted molar refractivity (Wildman–Crippen MR) is 56.6 cm³/mol. The van der Waals surface area contributed by atoms with Crippen LogP contribution in [0, 0.1) is 5.82 Å². The average Bonchev–Trinajstić information content (AvgIpc) is 2.16. The van der Waals surface area contributed by atoms with Crippen molar-refractivity contribution in [2.75, 3.05) is 0 Å². The van der Waals surface area contributed by atoms with E-state index in [0.29, 0.717) is 5.75 Å². The number of benzene rings is 1. The summed E-state index contributed by atoms with van der Waals surface area (Å²) >= 11 is 0. The minimum Gasteiger partial charge on any atom is -0.491 e. The molecule has 5 heteroatoms. The Labute approximate surface area is 88.7 Å². The van der Waals surface area contributed by atoms with E-state index >= 15 is 0 Å². The van der Waals surface area contributed by atoms with E-state index in [-0.39, 0.29) is 11.6 Å². The zero-order valence-electron chi connectivity index (χ0n) is 8.77. The molecule has 0 aliphatic carbocycles. The Hall–Kier alpha value is -1.07. The van der Waals surface area contributed by atoms with Crippen LogP contribution in [-0.2, 0) is 0 Å². The summed E-state index contributed by atoms with van der Waals surface area (Å²) in [5, 5.41) is 17.8. The Kier molecular flexibility index (Phi) is 4.11. The molecule has 3 nitrogen and oxygen atoms in total. The molecule has 0 heterocycles. The van der Waals surface area contributed by atoms with Crippen LogP contribution in [0.1, 0.15) is 20.3 Å². The number of ether oxygens (including phenoxy) is 1. The van der Waals surface area contributed by atoms with Gasteiger partial charge >= 0.3 is 7.12 Å². The Morgan fingerprint density at radius 1 is 1.40 bits per heavy atom. The third-order valence-corrected chi connectivity index (χ3v) is 2.10. The Morgan fingerprint density at radius 2 is 2.07 bits per heavy atom. The summed E-state index contributed by atoms with van der Waals surface area (Å²) in [7, 11) is -1.68. The highest BCUT2D eigenvalue weighted by Gasteiger charge is 2.14. The van der Waals surface area contributed by atoms with E-state index in [9.17, 15) is 4.39 Å². The van der Waals surface area contributed by atoms with Gasteiger partial charge in [0.05, 0.1) is 6.10 Å². The predicted octanol–water partition coefficient (Wildman–Crippen LogP) is 0.683. The van der Waals surface area contributed by atoms with Gasteiger partial charge < -0.3 is 14.8 Å². The topological polar surface area (TPSA) is 49.7 Å². The van der Waals surface area contributed by atoms with E-state index in [4.69, 9.17) is 14.8 Å². The maximum absolute atomic E-state index is 13.0. The van der Waals surface area contributed by atoms with Gasteiger partial charge in [0, 0.05) is 6.07 Å². The van der Waals surface area contributed by atoms with Crippen LogP contribution in [0.3, 0.4) is 0 Å². The van der Waals surface area contributed by atoms with Crippen LogP contribution in [0.25, 0.3) is 0 Å². The summed E-state index contributed by atoms with van der Waals surface area (Å²) in [6, 6.07) is 3.70. The van der Waals surface area contributed by atoms with Crippen LogP contribution in [-0.4, -0.2) is 23.3 Å². The first-order valence-corrected chi connectivity index (χ1v) is 4.86. The molecule has 1 aromatic rings. The summed E-state index contributed by atoms with van der Waals surface area (Å²) in [5.41, 5.74) is 0.0910. The number of hydrogen-bond acceptors (Lipinski definition) is 3. The third kappa shape index (κ3) is 3.53. The van der Waals surface area contributed by atoms with Crippen molar-refractivity contribution in [2.24, 2.45) is 0 Å². The first-order valence-electron chi connectivity index (χ1n) is 4.86. The first kappa shape index (κ1) is 12.0. The van der Waals surface area contributed by atoms with Gasteiger partial charge in [0.2, 0.25) is 0 Å². The molecule has 0 saturated heterocycles. The monoisotopic (exact) mass is 212 g/mol. The zero-order chi connectivity index (χ0) is 11.4. The summed E-state index contributed by atoms with van der Waals surface area (Å²) in [6.07, 6.45) is 0.767.